The van der Waals surface area contributed by atoms with Gasteiger partial charge in [-0.3, -0.25) is 4.90 Å². The molecule has 0 aromatic heterocycles. The zero-order chi connectivity index (χ0) is 44.4. The Morgan fingerprint density at radius 1 is 0.694 bits per heavy atom. The molecule has 0 saturated carbocycles. The van der Waals surface area contributed by atoms with Crippen molar-refractivity contribution in [2.75, 3.05) is 33.4 Å². The number of carboxylic acid groups (broad SMARTS) is 2. The number of ether oxygens (including phenoxy) is 5. The molecule has 0 amide bonds. The lowest BCUT2D eigenvalue weighted by atomic mass is 9.68. The Morgan fingerprint density at radius 3 is 1.71 bits per heavy atom. The number of hydrogen-bond acceptors (Lipinski definition) is 10. The normalized spacial score (nSPS) is 17.4. The molecule has 0 aliphatic carbocycles. The summed E-state index contributed by atoms with van der Waals surface area (Å²) in [5, 5.41) is 18.6. The summed E-state index contributed by atoms with van der Waals surface area (Å²) >= 11 is 0. The highest BCUT2D eigenvalue weighted by Crippen LogP contribution is 2.53. The number of nitrogens with zero attached hydrogens (tertiary/aromatic N) is 1. The number of aryl methyl sites for hydroxylation is 2. The van der Waals surface area contributed by atoms with E-state index in [4.69, 9.17) is 23.7 Å². The van der Waals surface area contributed by atoms with Gasteiger partial charge in [0.15, 0.2) is 0 Å². The van der Waals surface area contributed by atoms with Crippen LogP contribution in [0.5, 0.6) is 17.2 Å². The summed E-state index contributed by atoms with van der Waals surface area (Å²) in [7, 11) is 1.70. The predicted octanol–water partition coefficient (Wildman–Crippen LogP) is 8.48. The van der Waals surface area contributed by atoms with Gasteiger partial charge in [0.25, 0.3) is 0 Å². The van der Waals surface area contributed by atoms with Gasteiger partial charge < -0.3 is 33.9 Å². The Hall–Kier alpha value is -6.66. The largest absolute Gasteiger partial charge is 0.497 e. The zero-order valence-electron chi connectivity index (χ0n) is 35.6. The van der Waals surface area contributed by atoms with Crippen molar-refractivity contribution in [3.63, 3.8) is 0 Å². The van der Waals surface area contributed by atoms with Crippen LogP contribution >= 0.6 is 0 Å². The third kappa shape index (κ3) is 11.2. The van der Waals surface area contributed by atoms with Crippen LogP contribution in [0, 0.1) is 13.8 Å². The molecule has 2 aliphatic rings. The van der Waals surface area contributed by atoms with Crippen molar-refractivity contribution in [1.82, 2.24) is 4.90 Å². The lowest BCUT2D eigenvalue weighted by molar-refractivity contribution is -0.166. The third-order valence-electron chi connectivity index (χ3n) is 11.1. The highest BCUT2D eigenvalue weighted by molar-refractivity contribution is 5.95. The van der Waals surface area contributed by atoms with Gasteiger partial charge >= 0.3 is 23.9 Å². The molecule has 0 spiro atoms. The summed E-state index contributed by atoms with van der Waals surface area (Å²) in [6.07, 6.45) is -1.82. The Balaban J connectivity index is 0.000000212. The van der Waals surface area contributed by atoms with Crippen molar-refractivity contribution in [2.24, 2.45) is 0 Å². The number of esters is 2. The SMILES string of the molecule is COc1ccc2c(c1)OC(C)(C)[C@H](c1ccccc1)[C@@H]2c1ccc(OCCN2CCCC2)cc1.Cc1ccc(C(=O)OC(C(=O)O)C(OC(=O)c2ccc(C)cc2)C(=O)O)cc1. The van der Waals surface area contributed by atoms with Crippen LogP contribution in [0.4, 0.5) is 0 Å². The second-order valence-corrected chi connectivity index (χ2v) is 16.0. The van der Waals surface area contributed by atoms with Crippen LogP contribution in [0.25, 0.3) is 0 Å². The first kappa shape index (κ1) is 44.9. The highest BCUT2D eigenvalue weighted by Gasteiger charge is 2.45. The Morgan fingerprint density at radius 2 is 1.21 bits per heavy atom. The van der Waals surface area contributed by atoms with Gasteiger partial charge in [0, 0.05) is 30.0 Å². The van der Waals surface area contributed by atoms with Crippen molar-refractivity contribution in [2.45, 2.75) is 70.2 Å². The number of rotatable bonds is 14. The molecule has 1 saturated heterocycles. The van der Waals surface area contributed by atoms with Crippen molar-refractivity contribution in [1.29, 1.82) is 0 Å². The average molecular weight is 844 g/mol. The molecule has 5 aromatic carbocycles. The zero-order valence-corrected chi connectivity index (χ0v) is 35.6. The fourth-order valence-corrected chi connectivity index (χ4v) is 7.84. The van der Waals surface area contributed by atoms with E-state index in [2.05, 4.69) is 79.4 Å². The van der Waals surface area contributed by atoms with Crippen LogP contribution in [0.3, 0.4) is 0 Å². The summed E-state index contributed by atoms with van der Waals surface area (Å²) in [4.78, 5) is 49.8. The van der Waals surface area contributed by atoms with Crippen molar-refractivity contribution in [3.05, 3.63) is 160 Å². The summed E-state index contributed by atoms with van der Waals surface area (Å²) in [5.74, 6) is -2.66. The number of hydrogen-bond donors (Lipinski definition) is 2. The quantitative estimate of drug-likeness (QED) is 0.103. The number of carboxylic acids is 2. The van der Waals surface area contributed by atoms with E-state index in [0.29, 0.717) is 0 Å². The number of carbonyl (C=O) groups is 4. The molecule has 2 unspecified atom stereocenters. The molecule has 2 N–H and O–H groups in total. The van der Waals surface area contributed by atoms with Gasteiger partial charge in [0.05, 0.1) is 18.2 Å². The van der Waals surface area contributed by atoms with Crippen LogP contribution < -0.4 is 14.2 Å². The minimum absolute atomic E-state index is 0.0332. The molecule has 1 fully saturated rings. The molecule has 12 nitrogen and oxygen atoms in total. The van der Waals surface area contributed by atoms with Crippen LogP contribution in [0.2, 0.25) is 0 Å². The van der Waals surface area contributed by atoms with Gasteiger partial charge in [-0.05, 0) is 107 Å². The molecular formula is C50H53NO11. The van der Waals surface area contributed by atoms with Crippen LogP contribution in [0.15, 0.2) is 121 Å². The van der Waals surface area contributed by atoms with E-state index in [0.717, 1.165) is 41.5 Å². The molecule has 2 heterocycles. The Kier molecular flexibility index (Phi) is 14.7. The number of likely N-dealkylation sites (tertiary alicyclic amines) is 1. The van der Waals surface area contributed by atoms with Gasteiger partial charge in [-0.1, -0.05) is 83.9 Å². The fourth-order valence-electron chi connectivity index (χ4n) is 7.84. The number of aliphatic carboxylic acids is 2. The first-order chi connectivity index (χ1) is 29.7. The number of carbonyl (C=O) groups excluding carboxylic acids is 2. The maximum Gasteiger partial charge on any atom is 0.349 e. The van der Waals surface area contributed by atoms with E-state index in [1.165, 1.54) is 66.9 Å². The molecular weight excluding hydrogens is 791 g/mol. The van der Waals surface area contributed by atoms with Gasteiger partial charge in [0.1, 0.15) is 29.5 Å². The lowest BCUT2D eigenvalue weighted by Gasteiger charge is -2.45. The van der Waals surface area contributed by atoms with E-state index in [1.807, 2.05) is 12.1 Å². The standard InChI is InChI=1S/C30H35NO3.C20H18O8/c1-30(2)29(23-9-5-4-6-10-23)28(26-16-15-25(32-3)21-27(26)34-30)22-11-13-24(14-12-22)33-20-19-31-17-7-8-18-31;1-11-3-7-13(8-4-11)19(25)27-15(17(21)22)16(18(23)24)28-20(26)14-9-5-12(2)6-10-14/h4-6,9-16,21,28-29H,7-8,17-20H2,1-3H3;3-10,15-16H,1-2H3,(H,21,22)(H,23,24)/t28-,29-;/m1./s1. The van der Waals surface area contributed by atoms with Gasteiger partial charge in [-0.2, -0.15) is 0 Å². The van der Waals surface area contributed by atoms with E-state index in [-0.39, 0.29) is 23.0 Å². The van der Waals surface area contributed by atoms with Gasteiger partial charge in [0.2, 0.25) is 12.2 Å². The third-order valence-corrected chi connectivity index (χ3v) is 11.1. The molecule has 7 rings (SSSR count). The minimum Gasteiger partial charge on any atom is -0.497 e. The van der Waals surface area contributed by atoms with E-state index >= 15 is 0 Å². The summed E-state index contributed by atoms with van der Waals surface area (Å²) < 4.78 is 27.8. The Bertz CT molecular complexity index is 2230. The van der Waals surface area contributed by atoms with E-state index in [9.17, 15) is 29.4 Å². The van der Waals surface area contributed by atoms with Crippen LogP contribution in [0.1, 0.15) is 87.1 Å². The number of fused-ring (bicyclic) bond motifs is 1. The maximum absolute atomic E-state index is 12.2. The fraction of sp³-hybridized carbons (Fsp3) is 0.320. The monoisotopic (exact) mass is 843 g/mol. The molecule has 12 heteroatoms. The minimum atomic E-state index is -2.22. The van der Waals surface area contributed by atoms with Crippen LogP contribution in [-0.2, 0) is 19.1 Å². The maximum atomic E-state index is 12.2. The first-order valence-electron chi connectivity index (χ1n) is 20.6. The topological polar surface area (TPSA) is 158 Å². The highest BCUT2D eigenvalue weighted by atomic mass is 16.6. The molecule has 324 valence electrons. The van der Waals surface area contributed by atoms with Crippen LogP contribution in [-0.4, -0.2) is 90.2 Å². The lowest BCUT2D eigenvalue weighted by Crippen LogP contribution is -2.45. The molecule has 0 bridgehead atoms. The summed E-state index contributed by atoms with van der Waals surface area (Å²) in [6, 6.07) is 37.7. The number of benzene rings is 5. The second kappa shape index (κ2) is 20.3. The second-order valence-electron chi connectivity index (χ2n) is 16.0. The van der Waals surface area contributed by atoms with Gasteiger partial charge in [-0.15, -0.1) is 0 Å². The number of methoxy groups -OCH3 is 1. The first-order valence-corrected chi connectivity index (χ1v) is 20.6. The summed E-state index contributed by atoms with van der Waals surface area (Å²) in [5.41, 5.74) is 5.14. The van der Waals surface area contributed by atoms with Crippen molar-refractivity contribution in [3.8, 4) is 17.2 Å². The van der Waals surface area contributed by atoms with Gasteiger partial charge in [-0.25, -0.2) is 19.2 Å². The van der Waals surface area contributed by atoms with Crippen molar-refractivity contribution < 1.29 is 53.1 Å². The average Bonchev–Trinajstić information content (AvgIpc) is 3.78. The smallest absolute Gasteiger partial charge is 0.349 e. The van der Waals surface area contributed by atoms with E-state index in [1.54, 1.807) is 45.2 Å². The molecule has 4 atom stereocenters. The van der Waals surface area contributed by atoms with E-state index < -0.39 is 41.7 Å². The van der Waals surface area contributed by atoms with Crippen molar-refractivity contribution >= 4 is 23.9 Å². The molecule has 0 radical (unpaired) electrons. The molecule has 5 aromatic rings. The molecule has 62 heavy (non-hydrogen) atoms. The Labute approximate surface area is 362 Å². The predicted molar refractivity (Wildman–Crippen MR) is 232 cm³/mol. The molecule has 2 aliphatic heterocycles. The summed E-state index contributed by atoms with van der Waals surface area (Å²) in [6.45, 7) is 12.1.